The maximum absolute atomic E-state index is 12.1. The Morgan fingerprint density at radius 1 is 1.24 bits per heavy atom. The second-order valence-electron chi connectivity index (χ2n) is 7.21. The van der Waals surface area contributed by atoms with Gasteiger partial charge in [0.15, 0.2) is 0 Å². The van der Waals surface area contributed by atoms with E-state index in [4.69, 9.17) is 15.9 Å². The summed E-state index contributed by atoms with van der Waals surface area (Å²) < 4.78 is 5.43. The first-order chi connectivity index (χ1) is 11.7. The monoisotopic (exact) mass is 347 g/mol. The molecule has 1 saturated heterocycles. The molecule has 1 fully saturated rings. The van der Waals surface area contributed by atoms with Gasteiger partial charge in [0.2, 0.25) is 0 Å². The lowest BCUT2D eigenvalue weighted by Crippen LogP contribution is -2.41. The van der Waals surface area contributed by atoms with E-state index in [1.807, 2.05) is 52.8 Å². The summed E-state index contributed by atoms with van der Waals surface area (Å²) in [6.45, 7) is 12.8. The molecule has 3 N–H and O–H groups in total. The average Bonchev–Trinajstić information content (AvgIpc) is 2.55. The molecule has 0 saturated carbocycles. The number of rotatable bonds is 2. The van der Waals surface area contributed by atoms with Crippen LogP contribution in [-0.2, 0) is 4.74 Å². The number of anilines is 1. The minimum absolute atomic E-state index is 0.232. The fourth-order valence-corrected chi connectivity index (χ4v) is 2.87. The number of piperidine rings is 1. The van der Waals surface area contributed by atoms with E-state index in [0.29, 0.717) is 30.4 Å². The van der Waals surface area contributed by atoms with Crippen molar-refractivity contribution in [2.75, 3.05) is 18.8 Å². The lowest BCUT2D eigenvalue weighted by atomic mass is 9.88. The standard InChI is InChI=1S/C18H27N3O2.C2H6/c1-12(19)15-11-14(5-6-16(15)20)13-7-9-21(10-8-13)17(22)23-18(2,3)4;1-2/h5-6,11,13,19H,7-10,20H2,1-4H3;1-2H3. The van der Waals surface area contributed by atoms with E-state index in [1.165, 1.54) is 5.56 Å². The molecule has 1 aliphatic heterocycles. The van der Waals surface area contributed by atoms with E-state index in [0.717, 1.165) is 18.4 Å². The number of likely N-dealkylation sites (tertiary alicyclic amines) is 1. The SMILES string of the molecule is CC.CC(=N)c1cc(C2CCN(C(=O)OC(C)(C)C)CC2)ccc1N. The summed E-state index contributed by atoms with van der Waals surface area (Å²) in [6, 6.07) is 5.93. The number of amides is 1. The molecule has 0 spiro atoms. The van der Waals surface area contributed by atoms with E-state index in [9.17, 15) is 4.79 Å². The van der Waals surface area contributed by atoms with Crippen LogP contribution in [-0.4, -0.2) is 35.4 Å². The van der Waals surface area contributed by atoms with Crippen molar-refractivity contribution in [3.05, 3.63) is 29.3 Å². The number of benzene rings is 1. The highest BCUT2D eigenvalue weighted by Crippen LogP contribution is 2.30. The predicted molar refractivity (Wildman–Crippen MR) is 104 cm³/mol. The number of hydrogen-bond donors (Lipinski definition) is 2. The van der Waals surface area contributed by atoms with Crippen LogP contribution < -0.4 is 5.73 Å². The summed E-state index contributed by atoms with van der Waals surface area (Å²) in [7, 11) is 0. The van der Waals surface area contributed by atoms with Crippen molar-refractivity contribution in [2.45, 2.75) is 65.9 Å². The van der Waals surface area contributed by atoms with Gasteiger partial charge in [-0.2, -0.15) is 0 Å². The number of nitrogens with one attached hydrogen (secondary N) is 1. The molecule has 0 aromatic heterocycles. The molecular formula is C20H33N3O2. The first-order valence-corrected chi connectivity index (χ1v) is 9.10. The Morgan fingerprint density at radius 2 is 1.80 bits per heavy atom. The third-order valence-corrected chi connectivity index (χ3v) is 4.10. The van der Waals surface area contributed by atoms with Gasteiger partial charge in [-0.15, -0.1) is 0 Å². The zero-order valence-corrected chi connectivity index (χ0v) is 16.5. The lowest BCUT2D eigenvalue weighted by Gasteiger charge is -2.33. The zero-order chi connectivity index (χ0) is 19.2. The molecule has 0 aliphatic carbocycles. The lowest BCUT2D eigenvalue weighted by molar-refractivity contribution is 0.0205. The molecule has 25 heavy (non-hydrogen) atoms. The third kappa shape index (κ3) is 6.07. The topological polar surface area (TPSA) is 79.4 Å². The van der Waals surface area contributed by atoms with E-state index >= 15 is 0 Å². The van der Waals surface area contributed by atoms with Gasteiger partial charge in [-0.25, -0.2) is 4.79 Å². The van der Waals surface area contributed by atoms with E-state index in [1.54, 1.807) is 11.8 Å². The Labute approximate surface area is 152 Å². The van der Waals surface area contributed by atoms with Gasteiger partial charge in [0, 0.05) is 30.1 Å². The second kappa shape index (κ2) is 8.88. The molecule has 1 aromatic rings. The Hall–Kier alpha value is -2.04. The Kier molecular flexibility index (Phi) is 7.46. The average molecular weight is 348 g/mol. The van der Waals surface area contributed by atoms with Crippen molar-refractivity contribution in [3.63, 3.8) is 0 Å². The Bertz CT molecular complexity index is 597. The van der Waals surface area contributed by atoms with Gasteiger partial charge in [0.25, 0.3) is 0 Å². The van der Waals surface area contributed by atoms with Crippen LogP contribution in [0.15, 0.2) is 18.2 Å². The van der Waals surface area contributed by atoms with Crippen molar-refractivity contribution >= 4 is 17.5 Å². The highest BCUT2D eigenvalue weighted by atomic mass is 16.6. The first-order valence-electron chi connectivity index (χ1n) is 9.10. The van der Waals surface area contributed by atoms with Crippen LogP contribution >= 0.6 is 0 Å². The summed E-state index contributed by atoms with van der Waals surface area (Å²) in [5.74, 6) is 0.396. The van der Waals surface area contributed by atoms with Crippen LogP contribution in [0.2, 0.25) is 0 Å². The highest BCUT2D eigenvalue weighted by molar-refractivity contribution is 6.01. The molecule has 1 aromatic carbocycles. The summed E-state index contributed by atoms with van der Waals surface area (Å²) in [4.78, 5) is 13.9. The van der Waals surface area contributed by atoms with Crippen molar-refractivity contribution in [2.24, 2.45) is 0 Å². The predicted octanol–water partition coefficient (Wildman–Crippen LogP) is 4.80. The largest absolute Gasteiger partial charge is 0.444 e. The molecule has 5 heteroatoms. The van der Waals surface area contributed by atoms with Gasteiger partial charge >= 0.3 is 6.09 Å². The fraction of sp³-hybridized carbons (Fsp3) is 0.600. The van der Waals surface area contributed by atoms with Crippen molar-refractivity contribution in [1.82, 2.24) is 4.90 Å². The maximum Gasteiger partial charge on any atom is 0.410 e. The highest BCUT2D eigenvalue weighted by Gasteiger charge is 2.27. The summed E-state index contributed by atoms with van der Waals surface area (Å²) in [5.41, 5.74) is 8.60. The van der Waals surface area contributed by atoms with E-state index in [2.05, 4.69) is 0 Å². The van der Waals surface area contributed by atoms with Gasteiger partial charge in [0.05, 0.1) is 0 Å². The molecule has 1 heterocycles. The minimum atomic E-state index is -0.457. The molecule has 2 rings (SSSR count). The first kappa shape index (κ1) is 21.0. The van der Waals surface area contributed by atoms with Gasteiger partial charge < -0.3 is 20.8 Å². The van der Waals surface area contributed by atoms with Gasteiger partial charge in [-0.05, 0) is 64.2 Å². The smallest absolute Gasteiger partial charge is 0.410 e. The van der Waals surface area contributed by atoms with Crippen molar-refractivity contribution < 1.29 is 9.53 Å². The summed E-state index contributed by atoms with van der Waals surface area (Å²) in [6.07, 6.45) is 1.57. The number of nitrogens with two attached hydrogens (primary N) is 1. The van der Waals surface area contributed by atoms with Crippen molar-refractivity contribution in [3.8, 4) is 0 Å². The van der Waals surface area contributed by atoms with E-state index < -0.39 is 5.60 Å². The molecule has 1 aliphatic rings. The molecule has 0 unspecified atom stereocenters. The van der Waals surface area contributed by atoms with Gasteiger partial charge in [0.1, 0.15) is 5.60 Å². The van der Waals surface area contributed by atoms with Gasteiger partial charge in [-0.3, -0.25) is 0 Å². The number of ether oxygens (including phenoxy) is 1. The second-order valence-corrected chi connectivity index (χ2v) is 7.21. The number of nitrogen functional groups attached to an aromatic ring is 1. The number of nitrogens with zero attached hydrogens (tertiary/aromatic N) is 1. The molecule has 5 nitrogen and oxygen atoms in total. The molecular weight excluding hydrogens is 314 g/mol. The number of carbonyl (C=O) groups is 1. The number of carbonyl (C=O) groups excluding carboxylic acids is 1. The van der Waals surface area contributed by atoms with Crippen LogP contribution in [0.4, 0.5) is 10.5 Å². The summed E-state index contributed by atoms with van der Waals surface area (Å²) >= 11 is 0. The minimum Gasteiger partial charge on any atom is -0.444 e. The normalized spacial score (nSPS) is 15.2. The van der Waals surface area contributed by atoms with E-state index in [-0.39, 0.29) is 6.09 Å². The third-order valence-electron chi connectivity index (χ3n) is 4.10. The Balaban J connectivity index is 0.00000151. The molecule has 140 valence electrons. The molecule has 0 atom stereocenters. The van der Waals surface area contributed by atoms with Crippen LogP contribution in [0, 0.1) is 5.41 Å². The quantitative estimate of drug-likeness (QED) is 0.596. The molecule has 1 amide bonds. The van der Waals surface area contributed by atoms with Crippen LogP contribution in [0.3, 0.4) is 0 Å². The van der Waals surface area contributed by atoms with Crippen LogP contribution in [0.25, 0.3) is 0 Å². The fourth-order valence-electron chi connectivity index (χ4n) is 2.87. The summed E-state index contributed by atoms with van der Waals surface area (Å²) in [5, 5.41) is 7.81. The molecule has 0 radical (unpaired) electrons. The maximum atomic E-state index is 12.1. The van der Waals surface area contributed by atoms with Crippen LogP contribution in [0.5, 0.6) is 0 Å². The molecule has 0 bridgehead atoms. The Morgan fingerprint density at radius 3 is 2.28 bits per heavy atom. The number of hydrogen-bond acceptors (Lipinski definition) is 4. The van der Waals surface area contributed by atoms with Crippen molar-refractivity contribution in [1.29, 1.82) is 5.41 Å². The van der Waals surface area contributed by atoms with Gasteiger partial charge in [-0.1, -0.05) is 19.9 Å². The van der Waals surface area contributed by atoms with Crippen LogP contribution in [0.1, 0.15) is 71.4 Å². The zero-order valence-electron chi connectivity index (χ0n) is 16.5.